The van der Waals surface area contributed by atoms with E-state index in [1.54, 1.807) is 0 Å². The van der Waals surface area contributed by atoms with Gasteiger partial charge in [-0.2, -0.15) is 5.10 Å². The number of pyridine rings is 1. The van der Waals surface area contributed by atoms with Crippen molar-refractivity contribution >= 4 is 16.9 Å². The van der Waals surface area contributed by atoms with Crippen LogP contribution in [-0.4, -0.2) is 16.2 Å². The van der Waals surface area contributed by atoms with Gasteiger partial charge in [-0.1, -0.05) is 12.1 Å². The topological polar surface area (TPSA) is 29.3 Å². The molecule has 0 fully saturated rings. The first-order valence-electron chi connectivity index (χ1n) is 6.08. The van der Waals surface area contributed by atoms with Crippen molar-refractivity contribution in [3.05, 3.63) is 58.5 Å². The monoisotopic (exact) mass is 257 g/mol. The maximum Gasteiger partial charge on any atom is 0.0706 e. The summed E-state index contributed by atoms with van der Waals surface area (Å²) < 4.78 is 1.91. The summed E-state index contributed by atoms with van der Waals surface area (Å²) in [6.07, 6.45) is 5.01. The fourth-order valence-corrected chi connectivity index (χ4v) is 2.72. The van der Waals surface area contributed by atoms with E-state index in [2.05, 4.69) is 34.0 Å². The Bertz CT molecular complexity index is 613. The lowest BCUT2D eigenvalue weighted by molar-refractivity contribution is 0.693. The van der Waals surface area contributed by atoms with Crippen LogP contribution < -0.4 is 5.32 Å². The van der Waals surface area contributed by atoms with Gasteiger partial charge >= 0.3 is 0 Å². The molecule has 3 aromatic heterocycles. The van der Waals surface area contributed by atoms with Crippen LogP contribution >= 0.6 is 11.3 Å². The minimum Gasteiger partial charge on any atom is -0.312 e. The van der Waals surface area contributed by atoms with Crippen LogP contribution in [0.15, 0.2) is 48.1 Å². The highest BCUT2D eigenvalue weighted by Crippen LogP contribution is 2.10. The molecule has 0 radical (unpaired) electrons. The van der Waals surface area contributed by atoms with E-state index in [1.807, 2.05) is 40.4 Å². The number of fused-ring (bicyclic) bond motifs is 1. The SMILES string of the molecule is c1csc(CCNCc2cnn3ccccc23)c1. The molecule has 0 aromatic carbocycles. The quantitative estimate of drug-likeness (QED) is 0.712. The first-order valence-corrected chi connectivity index (χ1v) is 6.96. The molecular formula is C14H15N3S. The molecule has 4 heteroatoms. The molecule has 92 valence electrons. The number of nitrogens with one attached hydrogen (secondary N) is 1. The standard InChI is InChI=1S/C14H15N3S/c1-2-8-17-14(5-1)12(11-16-17)10-15-7-6-13-4-3-9-18-13/h1-5,8-9,11,15H,6-7,10H2. The Hall–Kier alpha value is -1.65. The average molecular weight is 257 g/mol. The van der Waals surface area contributed by atoms with Crippen LogP contribution in [0.5, 0.6) is 0 Å². The smallest absolute Gasteiger partial charge is 0.0706 e. The lowest BCUT2D eigenvalue weighted by Gasteiger charge is -2.02. The fourth-order valence-electron chi connectivity index (χ4n) is 2.01. The summed E-state index contributed by atoms with van der Waals surface area (Å²) in [5.74, 6) is 0. The van der Waals surface area contributed by atoms with Crippen LogP contribution in [0.25, 0.3) is 5.52 Å². The van der Waals surface area contributed by atoms with Crippen molar-refractivity contribution in [2.45, 2.75) is 13.0 Å². The number of nitrogens with zero attached hydrogens (tertiary/aromatic N) is 2. The molecule has 3 nitrogen and oxygen atoms in total. The lowest BCUT2D eigenvalue weighted by atomic mass is 10.2. The Balaban J connectivity index is 1.57. The van der Waals surface area contributed by atoms with Gasteiger partial charge in [-0.25, -0.2) is 4.52 Å². The maximum atomic E-state index is 4.33. The molecule has 0 saturated heterocycles. The van der Waals surface area contributed by atoms with Crippen LogP contribution in [0.2, 0.25) is 0 Å². The summed E-state index contributed by atoms with van der Waals surface area (Å²) in [6.45, 7) is 1.88. The van der Waals surface area contributed by atoms with Gasteiger partial charge in [-0.15, -0.1) is 11.3 Å². The van der Waals surface area contributed by atoms with Crippen LogP contribution in [0.4, 0.5) is 0 Å². The van der Waals surface area contributed by atoms with E-state index in [4.69, 9.17) is 0 Å². The van der Waals surface area contributed by atoms with Crippen molar-refractivity contribution in [2.24, 2.45) is 0 Å². The Morgan fingerprint density at radius 2 is 2.22 bits per heavy atom. The van der Waals surface area contributed by atoms with Gasteiger partial charge in [0.25, 0.3) is 0 Å². The van der Waals surface area contributed by atoms with Crippen LogP contribution in [-0.2, 0) is 13.0 Å². The molecule has 3 heterocycles. The fraction of sp³-hybridized carbons (Fsp3) is 0.214. The minimum absolute atomic E-state index is 0.874. The van der Waals surface area contributed by atoms with E-state index in [0.29, 0.717) is 0 Å². The molecule has 0 bridgehead atoms. The number of thiophene rings is 1. The highest BCUT2D eigenvalue weighted by molar-refractivity contribution is 7.09. The third kappa shape index (κ3) is 2.44. The molecular weight excluding hydrogens is 242 g/mol. The number of hydrogen-bond donors (Lipinski definition) is 1. The summed E-state index contributed by atoms with van der Waals surface area (Å²) in [7, 11) is 0. The predicted octanol–water partition coefficient (Wildman–Crippen LogP) is 2.73. The van der Waals surface area contributed by atoms with Crippen molar-refractivity contribution < 1.29 is 0 Å². The zero-order chi connectivity index (χ0) is 12.2. The molecule has 1 N–H and O–H groups in total. The normalized spacial score (nSPS) is 11.1. The zero-order valence-corrected chi connectivity index (χ0v) is 10.9. The average Bonchev–Trinajstić information content (AvgIpc) is 3.04. The molecule has 0 unspecified atom stereocenters. The van der Waals surface area contributed by atoms with Crippen LogP contribution in [0.1, 0.15) is 10.4 Å². The van der Waals surface area contributed by atoms with Crippen molar-refractivity contribution in [3.8, 4) is 0 Å². The summed E-state index contributed by atoms with van der Waals surface area (Å²) in [5, 5.41) is 9.92. The lowest BCUT2D eigenvalue weighted by Crippen LogP contribution is -2.16. The van der Waals surface area contributed by atoms with Gasteiger partial charge in [0.2, 0.25) is 0 Å². The summed E-state index contributed by atoms with van der Waals surface area (Å²) in [4.78, 5) is 1.43. The van der Waals surface area contributed by atoms with Gasteiger partial charge in [0.15, 0.2) is 0 Å². The second kappa shape index (κ2) is 5.33. The first kappa shape index (κ1) is 11.4. The van der Waals surface area contributed by atoms with E-state index in [9.17, 15) is 0 Å². The summed E-state index contributed by atoms with van der Waals surface area (Å²) >= 11 is 1.82. The van der Waals surface area contributed by atoms with E-state index in [1.165, 1.54) is 16.0 Å². The predicted molar refractivity (Wildman–Crippen MR) is 74.9 cm³/mol. The summed E-state index contributed by atoms with van der Waals surface area (Å²) in [6, 6.07) is 10.4. The van der Waals surface area contributed by atoms with Gasteiger partial charge in [-0.05, 0) is 30.0 Å². The second-order valence-corrected chi connectivity index (χ2v) is 5.24. The molecule has 3 aromatic rings. The van der Waals surface area contributed by atoms with E-state index in [0.717, 1.165) is 19.5 Å². The molecule has 0 amide bonds. The number of aromatic nitrogens is 2. The molecule has 0 aliphatic heterocycles. The van der Waals surface area contributed by atoms with Crippen LogP contribution in [0.3, 0.4) is 0 Å². The number of rotatable bonds is 5. The molecule has 0 spiro atoms. The Labute approximate surface area is 110 Å². The van der Waals surface area contributed by atoms with Crippen molar-refractivity contribution in [1.29, 1.82) is 0 Å². The molecule has 18 heavy (non-hydrogen) atoms. The van der Waals surface area contributed by atoms with E-state index < -0.39 is 0 Å². The van der Waals surface area contributed by atoms with Gasteiger partial charge in [0, 0.05) is 29.7 Å². The van der Waals surface area contributed by atoms with Crippen molar-refractivity contribution in [2.75, 3.05) is 6.54 Å². The Kier molecular flexibility index (Phi) is 3.39. The first-order chi connectivity index (χ1) is 8.93. The largest absolute Gasteiger partial charge is 0.312 e. The minimum atomic E-state index is 0.874. The third-order valence-corrected chi connectivity index (χ3v) is 3.89. The number of hydrogen-bond acceptors (Lipinski definition) is 3. The molecule has 0 saturated carbocycles. The van der Waals surface area contributed by atoms with Crippen molar-refractivity contribution in [1.82, 2.24) is 14.9 Å². The zero-order valence-electron chi connectivity index (χ0n) is 10.0. The van der Waals surface area contributed by atoms with Gasteiger partial charge < -0.3 is 5.32 Å². The molecule has 3 rings (SSSR count). The van der Waals surface area contributed by atoms with Crippen LogP contribution in [0, 0.1) is 0 Å². The maximum absolute atomic E-state index is 4.33. The molecule has 0 atom stereocenters. The Morgan fingerprint density at radius 3 is 3.11 bits per heavy atom. The summed E-state index contributed by atoms with van der Waals surface area (Å²) in [5.41, 5.74) is 2.43. The van der Waals surface area contributed by atoms with Gasteiger partial charge in [0.1, 0.15) is 0 Å². The third-order valence-electron chi connectivity index (χ3n) is 2.95. The molecule has 0 aliphatic carbocycles. The second-order valence-electron chi connectivity index (χ2n) is 4.21. The molecule has 0 aliphatic rings. The highest BCUT2D eigenvalue weighted by atomic mass is 32.1. The van der Waals surface area contributed by atoms with Gasteiger partial charge in [0.05, 0.1) is 11.7 Å². The van der Waals surface area contributed by atoms with E-state index >= 15 is 0 Å². The van der Waals surface area contributed by atoms with Gasteiger partial charge in [-0.3, -0.25) is 0 Å². The van der Waals surface area contributed by atoms with Crippen molar-refractivity contribution in [3.63, 3.8) is 0 Å². The van der Waals surface area contributed by atoms with E-state index in [-0.39, 0.29) is 0 Å². The Morgan fingerprint density at radius 1 is 1.22 bits per heavy atom. The highest BCUT2D eigenvalue weighted by Gasteiger charge is 2.02.